The van der Waals surface area contributed by atoms with E-state index in [9.17, 15) is 0 Å². The first-order valence-electron chi connectivity index (χ1n) is 8.00. The Morgan fingerprint density at radius 2 is 1.62 bits per heavy atom. The van der Waals surface area contributed by atoms with Crippen LogP contribution in [0.25, 0.3) is 0 Å². The molecule has 140 valence electrons. The number of hydrogen-bond donors (Lipinski definition) is 1. The van der Waals surface area contributed by atoms with Crippen molar-refractivity contribution in [1.29, 1.82) is 0 Å². The maximum atomic E-state index is 5.68. The molecule has 24 heavy (non-hydrogen) atoms. The molecular formula is C17H30Cl2N2O3. The Morgan fingerprint density at radius 1 is 1.00 bits per heavy atom. The lowest BCUT2D eigenvalue weighted by molar-refractivity contribution is 0.161. The molecule has 1 aliphatic heterocycles. The van der Waals surface area contributed by atoms with Gasteiger partial charge in [-0.15, -0.1) is 24.8 Å². The summed E-state index contributed by atoms with van der Waals surface area (Å²) in [5, 5.41) is 3.41. The first-order chi connectivity index (χ1) is 10.8. The van der Waals surface area contributed by atoms with Crippen molar-refractivity contribution in [2.75, 3.05) is 47.5 Å². The average Bonchev–Trinajstić information content (AvgIpc) is 2.59. The van der Waals surface area contributed by atoms with Crippen LogP contribution >= 0.6 is 24.8 Å². The lowest BCUT2D eigenvalue weighted by Gasteiger charge is -2.36. The fraction of sp³-hybridized carbons (Fsp3) is 0.647. The zero-order valence-electron chi connectivity index (χ0n) is 15.0. The Kier molecular flexibility index (Phi) is 11.2. The summed E-state index contributed by atoms with van der Waals surface area (Å²) in [7, 11) is 5.00. The summed E-state index contributed by atoms with van der Waals surface area (Å²) in [4.78, 5) is 2.53. The minimum Gasteiger partial charge on any atom is -0.493 e. The van der Waals surface area contributed by atoms with Crippen molar-refractivity contribution in [3.63, 3.8) is 0 Å². The maximum absolute atomic E-state index is 5.68. The second kappa shape index (κ2) is 11.6. The number of nitrogens with zero attached hydrogens (tertiary/aromatic N) is 1. The number of piperazine rings is 1. The minimum atomic E-state index is 0. The molecule has 1 atom stereocenters. The predicted octanol–water partition coefficient (Wildman–Crippen LogP) is 3.30. The summed E-state index contributed by atoms with van der Waals surface area (Å²) >= 11 is 0. The van der Waals surface area contributed by atoms with E-state index >= 15 is 0 Å². The van der Waals surface area contributed by atoms with Crippen molar-refractivity contribution in [2.24, 2.45) is 0 Å². The van der Waals surface area contributed by atoms with Crippen molar-refractivity contribution >= 4 is 24.8 Å². The van der Waals surface area contributed by atoms with E-state index in [1.807, 2.05) is 6.07 Å². The van der Waals surface area contributed by atoms with E-state index in [2.05, 4.69) is 23.2 Å². The molecule has 1 heterocycles. The van der Waals surface area contributed by atoms with Gasteiger partial charge in [-0.2, -0.15) is 0 Å². The van der Waals surface area contributed by atoms with Gasteiger partial charge >= 0.3 is 0 Å². The third kappa shape index (κ3) is 5.06. The van der Waals surface area contributed by atoms with Crippen LogP contribution in [0, 0.1) is 0 Å². The Bertz CT molecular complexity index is 483. The van der Waals surface area contributed by atoms with E-state index in [4.69, 9.17) is 14.2 Å². The van der Waals surface area contributed by atoms with Gasteiger partial charge in [-0.1, -0.05) is 13.3 Å². The van der Waals surface area contributed by atoms with E-state index in [1.54, 1.807) is 21.3 Å². The quantitative estimate of drug-likeness (QED) is 0.785. The molecule has 0 aliphatic carbocycles. The summed E-state index contributed by atoms with van der Waals surface area (Å²) in [6.07, 6.45) is 2.23. The van der Waals surface area contributed by atoms with E-state index in [0.29, 0.717) is 17.5 Å². The van der Waals surface area contributed by atoms with Crippen LogP contribution in [0.1, 0.15) is 31.4 Å². The van der Waals surface area contributed by atoms with Gasteiger partial charge in [0.1, 0.15) is 0 Å². The highest BCUT2D eigenvalue weighted by molar-refractivity contribution is 5.85. The molecule has 1 saturated heterocycles. The molecule has 0 unspecified atom stereocenters. The molecule has 0 aromatic heterocycles. The second-order valence-corrected chi connectivity index (χ2v) is 5.51. The van der Waals surface area contributed by atoms with Crippen LogP contribution in [0.15, 0.2) is 12.1 Å². The van der Waals surface area contributed by atoms with Crippen LogP contribution in [-0.4, -0.2) is 52.4 Å². The monoisotopic (exact) mass is 380 g/mol. The molecule has 1 aromatic carbocycles. The van der Waals surface area contributed by atoms with Crippen LogP contribution in [0.2, 0.25) is 0 Å². The van der Waals surface area contributed by atoms with Crippen molar-refractivity contribution < 1.29 is 14.2 Å². The highest BCUT2D eigenvalue weighted by Crippen LogP contribution is 2.44. The summed E-state index contributed by atoms with van der Waals surface area (Å²) in [5.74, 6) is 2.18. The molecule has 1 aromatic rings. The first-order valence-corrected chi connectivity index (χ1v) is 8.00. The standard InChI is InChI=1S/C17H28N2O3.2ClH/c1-5-6-14(19-11-9-18-10-12-19)13-7-8-15(20-2)17(22-4)16(13)21-3;;/h7-8,14,18H,5-6,9-12H2,1-4H3;2*1H/t14-;;/m1../s1. The molecule has 0 amide bonds. The normalized spacial score (nSPS) is 15.7. The van der Waals surface area contributed by atoms with Gasteiger partial charge in [0.05, 0.1) is 21.3 Å². The Morgan fingerprint density at radius 3 is 2.12 bits per heavy atom. The SMILES string of the molecule is CCC[C@H](c1ccc(OC)c(OC)c1OC)N1CCNCC1.Cl.Cl. The van der Waals surface area contributed by atoms with Gasteiger partial charge < -0.3 is 19.5 Å². The fourth-order valence-corrected chi connectivity index (χ4v) is 3.19. The van der Waals surface area contributed by atoms with Gasteiger partial charge in [0.2, 0.25) is 5.75 Å². The van der Waals surface area contributed by atoms with Crippen molar-refractivity contribution in [3.8, 4) is 17.2 Å². The summed E-state index contributed by atoms with van der Waals surface area (Å²) < 4.78 is 16.6. The molecule has 1 aliphatic rings. The molecular weight excluding hydrogens is 351 g/mol. The topological polar surface area (TPSA) is 43.0 Å². The summed E-state index contributed by atoms with van der Waals surface area (Å²) in [6.45, 7) is 6.42. The van der Waals surface area contributed by atoms with Crippen LogP contribution in [0.4, 0.5) is 0 Å². The highest BCUT2D eigenvalue weighted by atomic mass is 35.5. The number of rotatable bonds is 7. The van der Waals surface area contributed by atoms with Gasteiger partial charge in [0.25, 0.3) is 0 Å². The number of hydrogen-bond acceptors (Lipinski definition) is 5. The third-order valence-electron chi connectivity index (χ3n) is 4.25. The van der Waals surface area contributed by atoms with Crippen LogP contribution in [0.5, 0.6) is 17.2 Å². The van der Waals surface area contributed by atoms with Gasteiger partial charge in [0, 0.05) is 37.8 Å². The van der Waals surface area contributed by atoms with E-state index in [-0.39, 0.29) is 24.8 Å². The molecule has 5 nitrogen and oxygen atoms in total. The molecule has 7 heteroatoms. The Hall–Kier alpha value is -0.880. The number of nitrogens with one attached hydrogen (secondary N) is 1. The number of benzene rings is 1. The zero-order chi connectivity index (χ0) is 15.9. The number of ether oxygens (including phenoxy) is 3. The van der Waals surface area contributed by atoms with E-state index in [0.717, 1.165) is 44.8 Å². The van der Waals surface area contributed by atoms with Crippen LogP contribution in [0.3, 0.4) is 0 Å². The van der Waals surface area contributed by atoms with Crippen LogP contribution < -0.4 is 19.5 Å². The maximum Gasteiger partial charge on any atom is 0.203 e. The first kappa shape index (κ1) is 23.1. The molecule has 1 fully saturated rings. The lowest BCUT2D eigenvalue weighted by atomic mass is 9.98. The molecule has 0 saturated carbocycles. The van der Waals surface area contributed by atoms with Crippen LogP contribution in [-0.2, 0) is 0 Å². The van der Waals surface area contributed by atoms with E-state index < -0.39 is 0 Å². The molecule has 0 spiro atoms. The molecule has 0 radical (unpaired) electrons. The number of methoxy groups -OCH3 is 3. The van der Waals surface area contributed by atoms with Gasteiger partial charge in [0.15, 0.2) is 11.5 Å². The Labute approximate surface area is 157 Å². The van der Waals surface area contributed by atoms with Gasteiger partial charge in [-0.25, -0.2) is 0 Å². The van der Waals surface area contributed by atoms with Crippen molar-refractivity contribution in [1.82, 2.24) is 10.2 Å². The van der Waals surface area contributed by atoms with Gasteiger partial charge in [-0.3, -0.25) is 4.90 Å². The minimum absolute atomic E-state index is 0. The fourth-order valence-electron chi connectivity index (χ4n) is 3.19. The van der Waals surface area contributed by atoms with Gasteiger partial charge in [-0.05, 0) is 18.6 Å². The highest BCUT2D eigenvalue weighted by Gasteiger charge is 2.27. The summed E-state index contributed by atoms with van der Waals surface area (Å²) in [5.41, 5.74) is 1.18. The zero-order valence-corrected chi connectivity index (χ0v) is 16.6. The second-order valence-electron chi connectivity index (χ2n) is 5.51. The predicted molar refractivity (Wildman–Crippen MR) is 103 cm³/mol. The average molecular weight is 381 g/mol. The summed E-state index contributed by atoms with van der Waals surface area (Å²) in [6, 6.07) is 4.44. The molecule has 1 N–H and O–H groups in total. The lowest BCUT2D eigenvalue weighted by Crippen LogP contribution is -2.45. The third-order valence-corrected chi connectivity index (χ3v) is 4.25. The smallest absolute Gasteiger partial charge is 0.203 e. The number of halogens is 2. The Balaban J connectivity index is 0.00000264. The van der Waals surface area contributed by atoms with Crippen molar-refractivity contribution in [3.05, 3.63) is 17.7 Å². The molecule has 0 bridgehead atoms. The van der Waals surface area contributed by atoms with Crippen molar-refractivity contribution in [2.45, 2.75) is 25.8 Å². The van der Waals surface area contributed by atoms with E-state index in [1.165, 1.54) is 5.56 Å². The largest absolute Gasteiger partial charge is 0.493 e. The molecule has 2 rings (SSSR count).